The maximum atomic E-state index is 4.76. The average molecular weight is 397 g/mol. The van der Waals surface area contributed by atoms with Gasteiger partial charge in [0.25, 0.3) is 0 Å². The minimum absolute atomic E-state index is 0.527. The summed E-state index contributed by atoms with van der Waals surface area (Å²) in [7, 11) is 2.03. The Balaban J connectivity index is 0.000000294. The Bertz CT molecular complexity index is 745. The van der Waals surface area contributed by atoms with Gasteiger partial charge in [-0.25, -0.2) is 9.97 Å². The summed E-state index contributed by atoms with van der Waals surface area (Å²) >= 11 is 0. The fourth-order valence-electron chi connectivity index (χ4n) is 4.32. The van der Waals surface area contributed by atoms with Gasteiger partial charge in [0.15, 0.2) is 0 Å². The SMILES string of the molecule is C1CCNCC1.Cn1ncc(-c2ccnc(NC3CCCCC3)n2)c1CC1CC1. The van der Waals surface area contributed by atoms with Crippen LogP contribution in [0, 0.1) is 5.92 Å². The number of piperidine rings is 1. The van der Waals surface area contributed by atoms with Crippen molar-refractivity contribution in [1.29, 1.82) is 0 Å². The highest BCUT2D eigenvalue weighted by Gasteiger charge is 2.25. The molecule has 2 saturated carbocycles. The summed E-state index contributed by atoms with van der Waals surface area (Å²) in [6.45, 7) is 2.50. The predicted molar refractivity (Wildman–Crippen MR) is 118 cm³/mol. The summed E-state index contributed by atoms with van der Waals surface area (Å²) in [6, 6.07) is 2.53. The highest BCUT2D eigenvalue weighted by Crippen LogP contribution is 2.35. The molecule has 0 radical (unpaired) electrons. The van der Waals surface area contributed by atoms with Crippen LogP contribution < -0.4 is 10.6 Å². The van der Waals surface area contributed by atoms with E-state index in [2.05, 4.69) is 20.7 Å². The first-order valence-corrected chi connectivity index (χ1v) is 11.6. The molecule has 0 amide bonds. The van der Waals surface area contributed by atoms with Gasteiger partial charge in [0.1, 0.15) is 0 Å². The number of hydrogen-bond acceptors (Lipinski definition) is 5. The zero-order valence-corrected chi connectivity index (χ0v) is 17.9. The summed E-state index contributed by atoms with van der Waals surface area (Å²) in [6.07, 6.45) is 18.3. The third-order valence-corrected chi connectivity index (χ3v) is 6.32. The van der Waals surface area contributed by atoms with Crippen molar-refractivity contribution in [1.82, 2.24) is 25.1 Å². The van der Waals surface area contributed by atoms with Crippen LogP contribution >= 0.6 is 0 Å². The van der Waals surface area contributed by atoms with Crippen LogP contribution in [0.2, 0.25) is 0 Å². The van der Waals surface area contributed by atoms with Crippen molar-refractivity contribution in [2.24, 2.45) is 13.0 Å². The minimum atomic E-state index is 0.527. The Hall–Kier alpha value is -1.95. The van der Waals surface area contributed by atoms with Crippen LogP contribution in [-0.4, -0.2) is 38.9 Å². The molecular formula is C23H36N6. The fraction of sp³-hybridized carbons (Fsp3) is 0.696. The lowest BCUT2D eigenvalue weighted by Crippen LogP contribution is -2.23. The predicted octanol–water partition coefficient (Wildman–Crippen LogP) is 4.33. The molecule has 0 atom stereocenters. The molecule has 0 spiro atoms. The van der Waals surface area contributed by atoms with Crippen molar-refractivity contribution >= 4 is 5.95 Å². The van der Waals surface area contributed by atoms with E-state index in [1.165, 1.54) is 83.0 Å². The van der Waals surface area contributed by atoms with Crippen molar-refractivity contribution in [3.63, 3.8) is 0 Å². The smallest absolute Gasteiger partial charge is 0.223 e. The molecule has 3 aliphatic rings. The molecule has 2 N–H and O–H groups in total. The van der Waals surface area contributed by atoms with E-state index < -0.39 is 0 Å². The average Bonchev–Trinajstić information content (AvgIpc) is 3.53. The molecule has 5 rings (SSSR count). The van der Waals surface area contributed by atoms with Gasteiger partial charge in [0.05, 0.1) is 11.9 Å². The van der Waals surface area contributed by atoms with E-state index in [0.29, 0.717) is 6.04 Å². The number of aryl methyl sites for hydroxylation is 1. The summed E-state index contributed by atoms with van der Waals surface area (Å²) in [5.74, 6) is 1.60. The highest BCUT2D eigenvalue weighted by molar-refractivity contribution is 5.62. The second-order valence-corrected chi connectivity index (χ2v) is 8.83. The summed E-state index contributed by atoms with van der Waals surface area (Å²) < 4.78 is 2.00. The summed E-state index contributed by atoms with van der Waals surface area (Å²) in [5.41, 5.74) is 3.45. The number of nitrogens with zero attached hydrogens (tertiary/aromatic N) is 4. The van der Waals surface area contributed by atoms with Crippen LogP contribution in [0.5, 0.6) is 0 Å². The molecule has 0 unspecified atom stereocenters. The number of hydrogen-bond donors (Lipinski definition) is 2. The van der Waals surface area contributed by atoms with Gasteiger partial charge >= 0.3 is 0 Å². The van der Waals surface area contributed by atoms with Gasteiger partial charge in [0.2, 0.25) is 5.95 Å². The molecule has 3 heterocycles. The lowest BCUT2D eigenvalue weighted by Gasteiger charge is -2.22. The maximum absolute atomic E-state index is 4.76. The van der Waals surface area contributed by atoms with Crippen molar-refractivity contribution < 1.29 is 0 Å². The number of anilines is 1. The molecule has 2 aliphatic carbocycles. The van der Waals surface area contributed by atoms with Crippen LogP contribution in [0.15, 0.2) is 18.5 Å². The van der Waals surface area contributed by atoms with Gasteiger partial charge < -0.3 is 10.6 Å². The molecule has 29 heavy (non-hydrogen) atoms. The Morgan fingerprint density at radius 3 is 2.45 bits per heavy atom. The second-order valence-electron chi connectivity index (χ2n) is 8.83. The van der Waals surface area contributed by atoms with Gasteiger partial charge in [-0.15, -0.1) is 0 Å². The molecule has 6 nitrogen and oxygen atoms in total. The third-order valence-electron chi connectivity index (χ3n) is 6.32. The molecule has 2 aromatic heterocycles. The normalized spacial score (nSPS) is 20.0. The van der Waals surface area contributed by atoms with E-state index in [4.69, 9.17) is 4.98 Å². The second kappa shape index (κ2) is 10.2. The van der Waals surface area contributed by atoms with Crippen molar-refractivity contribution in [3.8, 4) is 11.3 Å². The molecule has 3 fully saturated rings. The molecular weight excluding hydrogens is 360 g/mol. The first kappa shape index (κ1) is 20.3. The quantitative estimate of drug-likeness (QED) is 0.787. The molecule has 0 aromatic carbocycles. The summed E-state index contributed by atoms with van der Waals surface area (Å²) in [4.78, 5) is 9.18. The Morgan fingerprint density at radius 2 is 1.79 bits per heavy atom. The van der Waals surface area contributed by atoms with Crippen molar-refractivity contribution in [2.75, 3.05) is 18.4 Å². The Morgan fingerprint density at radius 1 is 1.03 bits per heavy atom. The van der Waals surface area contributed by atoms with Gasteiger partial charge in [0, 0.05) is 30.5 Å². The standard InChI is InChI=1S/C18H25N5.C5H11N/c1-23-17(11-13-7-8-13)15(12-20-23)16-9-10-19-18(22-16)21-14-5-3-2-4-6-14;1-2-4-6-5-3-1/h9-10,12-14H,2-8,11H2,1H3,(H,19,21,22);6H,1-5H2. The van der Waals surface area contributed by atoms with Gasteiger partial charge in [-0.3, -0.25) is 4.68 Å². The molecule has 2 aromatic rings. The lowest BCUT2D eigenvalue weighted by molar-refractivity contribution is 0.461. The topological polar surface area (TPSA) is 67.7 Å². The number of nitrogens with one attached hydrogen (secondary N) is 2. The van der Waals surface area contributed by atoms with E-state index in [1.54, 1.807) is 0 Å². The Labute approximate surface area is 174 Å². The highest BCUT2D eigenvalue weighted by atomic mass is 15.3. The molecule has 1 aliphatic heterocycles. The van der Waals surface area contributed by atoms with Crippen LogP contribution in [0.4, 0.5) is 5.95 Å². The third kappa shape index (κ3) is 6.01. The van der Waals surface area contributed by atoms with E-state index in [9.17, 15) is 0 Å². The van der Waals surface area contributed by atoms with Crippen LogP contribution in [-0.2, 0) is 13.5 Å². The van der Waals surface area contributed by atoms with Crippen LogP contribution in [0.25, 0.3) is 11.3 Å². The van der Waals surface area contributed by atoms with Gasteiger partial charge in [-0.2, -0.15) is 5.10 Å². The molecule has 1 saturated heterocycles. The fourth-order valence-corrected chi connectivity index (χ4v) is 4.32. The van der Waals surface area contributed by atoms with Gasteiger partial charge in [-0.05, 0) is 70.0 Å². The van der Waals surface area contributed by atoms with Crippen molar-refractivity contribution in [3.05, 3.63) is 24.2 Å². The van der Waals surface area contributed by atoms with E-state index in [0.717, 1.165) is 29.5 Å². The van der Waals surface area contributed by atoms with Gasteiger partial charge in [-0.1, -0.05) is 25.7 Å². The van der Waals surface area contributed by atoms with E-state index in [1.807, 2.05) is 30.2 Å². The van der Waals surface area contributed by atoms with Crippen LogP contribution in [0.1, 0.15) is 69.9 Å². The Kier molecular flexibility index (Phi) is 7.14. The number of aromatic nitrogens is 4. The zero-order valence-electron chi connectivity index (χ0n) is 17.9. The lowest BCUT2D eigenvalue weighted by atomic mass is 9.96. The van der Waals surface area contributed by atoms with E-state index >= 15 is 0 Å². The zero-order chi connectivity index (χ0) is 19.9. The monoisotopic (exact) mass is 396 g/mol. The first-order valence-electron chi connectivity index (χ1n) is 11.6. The van der Waals surface area contributed by atoms with E-state index in [-0.39, 0.29) is 0 Å². The van der Waals surface area contributed by atoms with Crippen molar-refractivity contribution in [2.45, 2.75) is 76.7 Å². The molecule has 6 heteroatoms. The maximum Gasteiger partial charge on any atom is 0.223 e. The molecule has 0 bridgehead atoms. The minimum Gasteiger partial charge on any atom is -0.351 e. The summed E-state index contributed by atoms with van der Waals surface area (Å²) in [5, 5.41) is 11.3. The largest absolute Gasteiger partial charge is 0.351 e. The van der Waals surface area contributed by atoms with Crippen LogP contribution in [0.3, 0.4) is 0 Å². The number of rotatable bonds is 5. The first-order chi connectivity index (χ1) is 14.3. The molecule has 158 valence electrons.